The maximum atomic E-state index is 11.6. The predicted molar refractivity (Wildman–Crippen MR) is 56.1 cm³/mol. The number of ether oxygens (including phenoxy) is 1. The second-order valence-electron chi connectivity index (χ2n) is 4.65. The van der Waals surface area contributed by atoms with Crippen molar-refractivity contribution in [1.29, 1.82) is 0 Å². The SMILES string of the molecule is C=CC[C@H]1C(=O)N[C@@H]1C(=O)OC(C)(C)C. The Morgan fingerprint density at radius 3 is 2.60 bits per heavy atom. The quantitative estimate of drug-likeness (QED) is 0.431. The first-order chi connectivity index (χ1) is 6.85. The zero-order chi connectivity index (χ0) is 11.6. The average molecular weight is 211 g/mol. The van der Waals surface area contributed by atoms with E-state index in [2.05, 4.69) is 11.9 Å². The van der Waals surface area contributed by atoms with Gasteiger partial charge in [0.25, 0.3) is 0 Å². The maximum Gasteiger partial charge on any atom is 0.330 e. The number of hydrogen-bond acceptors (Lipinski definition) is 3. The fourth-order valence-corrected chi connectivity index (χ4v) is 1.43. The van der Waals surface area contributed by atoms with Crippen molar-refractivity contribution < 1.29 is 14.3 Å². The zero-order valence-corrected chi connectivity index (χ0v) is 9.37. The summed E-state index contributed by atoms with van der Waals surface area (Å²) in [5, 5.41) is 2.54. The van der Waals surface area contributed by atoms with Gasteiger partial charge in [0, 0.05) is 0 Å². The van der Waals surface area contributed by atoms with Gasteiger partial charge in [-0.3, -0.25) is 4.79 Å². The molecule has 1 rings (SSSR count). The molecule has 1 amide bonds. The molecule has 84 valence electrons. The third kappa shape index (κ3) is 2.81. The lowest BCUT2D eigenvalue weighted by Gasteiger charge is -2.36. The van der Waals surface area contributed by atoms with Crippen LogP contribution in [0.25, 0.3) is 0 Å². The number of carbonyl (C=O) groups is 2. The van der Waals surface area contributed by atoms with Gasteiger partial charge in [-0.25, -0.2) is 4.79 Å². The van der Waals surface area contributed by atoms with Crippen molar-refractivity contribution >= 4 is 11.9 Å². The molecule has 2 atom stereocenters. The molecule has 1 heterocycles. The number of allylic oxidation sites excluding steroid dienone is 1. The molecule has 0 spiro atoms. The van der Waals surface area contributed by atoms with E-state index in [1.54, 1.807) is 26.8 Å². The van der Waals surface area contributed by atoms with Crippen LogP contribution in [0.15, 0.2) is 12.7 Å². The van der Waals surface area contributed by atoms with E-state index >= 15 is 0 Å². The van der Waals surface area contributed by atoms with Crippen LogP contribution in [0.5, 0.6) is 0 Å². The molecule has 1 aliphatic rings. The summed E-state index contributed by atoms with van der Waals surface area (Å²) in [7, 11) is 0. The van der Waals surface area contributed by atoms with Crippen LogP contribution in [0, 0.1) is 5.92 Å². The third-order valence-electron chi connectivity index (χ3n) is 2.12. The van der Waals surface area contributed by atoms with Crippen molar-refractivity contribution in [3.05, 3.63) is 12.7 Å². The van der Waals surface area contributed by atoms with Gasteiger partial charge in [0.05, 0.1) is 5.92 Å². The highest BCUT2D eigenvalue weighted by molar-refractivity contribution is 5.97. The van der Waals surface area contributed by atoms with Crippen molar-refractivity contribution in [3.63, 3.8) is 0 Å². The van der Waals surface area contributed by atoms with Crippen LogP contribution >= 0.6 is 0 Å². The minimum atomic E-state index is -0.518. The van der Waals surface area contributed by atoms with E-state index in [-0.39, 0.29) is 17.8 Å². The van der Waals surface area contributed by atoms with Gasteiger partial charge in [0.2, 0.25) is 5.91 Å². The maximum absolute atomic E-state index is 11.6. The fraction of sp³-hybridized carbons (Fsp3) is 0.636. The minimum Gasteiger partial charge on any atom is -0.458 e. The Bertz CT molecular complexity index is 291. The van der Waals surface area contributed by atoms with Crippen LogP contribution in [-0.4, -0.2) is 23.5 Å². The molecular weight excluding hydrogens is 194 g/mol. The first-order valence-electron chi connectivity index (χ1n) is 4.99. The first kappa shape index (κ1) is 11.8. The molecule has 1 saturated heterocycles. The van der Waals surface area contributed by atoms with Gasteiger partial charge in [0.15, 0.2) is 0 Å². The van der Waals surface area contributed by atoms with Crippen LogP contribution < -0.4 is 5.32 Å². The number of rotatable bonds is 3. The van der Waals surface area contributed by atoms with Crippen molar-refractivity contribution in [2.75, 3.05) is 0 Å². The smallest absolute Gasteiger partial charge is 0.330 e. The van der Waals surface area contributed by atoms with Gasteiger partial charge in [-0.05, 0) is 27.2 Å². The molecule has 0 unspecified atom stereocenters. The van der Waals surface area contributed by atoms with Crippen molar-refractivity contribution in [2.24, 2.45) is 5.92 Å². The van der Waals surface area contributed by atoms with Gasteiger partial charge in [-0.2, -0.15) is 0 Å². The summed E-state index contributed by atoms with van der Waals surface area (Å²) in [4.78, 5) is 22.7. The highest BCUT2D eigenvalue weighted by Crippen LogP contribution is 2.22. The molecule has 0 aromatic heterocycles. The van der Waals surface area contributed by atoms with Crippen molar-refractivity contribution in [3.8, 4) is 0 Å². The summed E-state index contributed by atoms with van der Waals surface area (Å²) in [6, 6.07) is -0.505. The Morgan fingerprint density at radius 2 is 2.20 bits per heavy atom. The summed E-state index contributed by atoms with van der Waals surface area (Å²) in [5.74, 6) is -0.781. The Labute approximate surface area is 89.7 Å². The topological polar surface area (TPSA) is 55.4 Å². The third-order valence-corrected chi connectivity index (χ3v) is 2.12. The molecule has 1 N–H and O–H groups in total. The molecule has 0 aromatic carbocycles. The fourth-order valence-electron chi connectivity index (χ4n) is 1.43. The molecule has 4 heteroatoms. The van der Waals surface area contributed by atoms with E-state index in [9.17, 15) is 9.59 Å². The zero-order valence-electron chi connectivity index (χ0n) is 9.37. The number of hydrogen-bond donors (Lipinski definition) is 1. The van der Waals surface area contributed by atoms with Crippen LogP contribution in [0.1, 0.15) is 27.2 Å². The minimum absolute atomic E-state index is 0.106. The number of nitrogens with one attached hydrogen (secondary N) is 1. The summed E-state index contributed by atoms with van der Waals surface area (Å²) >= 11 is 0. The lowest BCUT2D eigenvalue weighted by Crippen LogP contribution is -2.62. The average Bonchev–Trinajstić information content (AvgIpc) is 2.07. The van der Waals surface area contributed by atoms with Crippen molar-refractivity contribution in [2.45, 2.75) is 38.8 Å². The van der Waals surface area contributed by atoms with Gasteiger partial charge in [-0.15, -0.1) is 6.58 Å². The normalized spacial score (nSPS) is 25.1. The Morgan fingerprint density at radius 1 is 1.60 bits per heavy atom. The molecule has 1 fully saturated rings. The van der Waals surface area contributed by atoms with Gasteiger partial charge in [0.1, 0.15) is 11.6 Å². The van der Waals surface area contributed by atoms with E-state index in [0.717, 1.165) is 0 Å². The summed E-state index contributed by atoms with van der Waals surface area (Å²) in [5.41, 5.74) is -0.518. The molecular formula is C11H17NO3. The molecule has 0 bridgehead atoms. The number of β-lactam (4-membered cyclic amide) rings is 1. The molecule has 0 radical (unpaired) electrons. The number of carbonyl (C=O) groups excluding carboxylic acids is 2. The molecule has 0 saturated carbocycles. The lowest BCUT2D eigenvalue weighted by atomic mass is 9.87. The Kier molecular flexibility index (Phi) is 3.17. The lowest BCUT2D eigenvalue weighted by molar-refractivity contribution is -0.166. The molecule has 1 aliphatic heterocycles. The molecule has 15 heavy (non-hydrogen) atoms. The monoisotopic (exact) mass is 211 g/mol. The van der Waals surface area contributed by atoms with Crippen LogP contribution in [-0.2, 0) is 14.3 Å². The Hall–Kier alpha value is -1.32. The van der Waals surface area contributed by atoms with Gasteiger partial charge < -0.3 is 10.1 Å². The van der Waals surface area contributed by atoms with Crippen molar-refractivity contribution in [1.82, 2.24) is 5.32 Å². The van der Waals surface area contributed by atoms with Crippen LogP contribution in [0.4, 0.5) is 0 Å². The molecule has 0 aliphatic carbocycles. The van der Waals surface area contributed by atoms with E-state index < -0.39 is 11.6 Å². The van der Waals surface area contributed by atoms with Gasteiger partial charge in [-0.1, -0.05) is 6.08 Å². The van der Waals surface area contributed by atoms with E-state index in [1.807, 2.05) is 0 Å². The molecule has 4 nitrogen and oxygen atoms in total. The summed E-state index contributed by atoms with van der Waals surface area (Å²) in [6.45, 7) is 8.95. The highest BCUT2D eigenvalue weighted by Gasteiger charge is 2.44. The van der Waals surface area contributed by atoms with E-state index in [1.165, 1.54) is 0 Å². The van der Waals surface area contributed by atoms with Crippen LogP contribution in [0.2, 0.25) is 0 Å². The number of amides is 1. The van der Waals surface area contributed by atoms with E-state index in [0.29, 0.717) is 6.42 Å². The van der Waals surface area contributed by atoms with Gasteiger partial charge >= 0.3 is 5.97 Å². The predicted octanol–water partition coefficient (Wildman–Crippen LogP) is 1.02. The number of esters is 1. The Balaban J connectivity index is 2.54. The standard InChI is InChI=1S/C11H17NO3/c1-5-6-7-8(12-9(7)13)10(14)15-11(2,3)4/h5,7-8H,1,6H2,2-4H3,(H,12,13)/t7-,8+/m1/s1. The summed E-state index contributed by atoms with van der Waals surface area (Å²) < 4.78 is 5.18. The summed E-state index contributed by atoms with van der Waals surface area (Å²) in [6.07, 6.45) is 2.15. The van der Waals surface area contributed by atoms with E-state index in [4.69, 9.17) is 4.74 Å². The largest absolute Gasteiger partial charge is 0.458 e. The first-order valence-corrected chi connectivity index (χ1v) is 4.99. The van der Waals surface area contributed by atoms with Crippen LogP contribution in [0.3, 0.4) is 0 Å². The second-order valence-corrected chi connectivity index (χ2v) is 4.65. The highest BCUT2D eigenvalue weighted by atomic mass is 16.6. The molecule has 0 aromatic rings. The second kappa shape index (κ2) is 4.04.